The van der Waals surface area contributed by atoms with Crippen LogP contribution in [-0.2, 0) is 9.59 Å². The van der Waals surface area contributed by atoms with Crippen LogP contribution in [-0.4, -0.2) is 17.6 Å². The number of carbonyl (C=O) groups is 2. The number of hydrogen-bond donors (Lipinski definition) is 2. The molecule has 4 nitrogen and oxygen atoms in total. The van der Waals surface area contributed by atoms with Crippen molar-refractivity contribution >= 4 is 35.0 Å². The second kappa shape index (κ2) is 9.84. The van der Waals surface area contributed by atoms with Gasteiger partial charge in [0.25, 0.3) is 0 Å². The minimum atomic E-state index is -0.455. The van der Waals surface area contributed by atoms with Gasteiger partial charge in [-0.1, -0.05) is 25.5 Å². The average Bonchev–Trinajstić information content (AvgIpc) is 2.61. The molecule has 0 aliphatic carbocycles. The lowest BCUT2D eigenvalue weighted by Gasteiger charge is -2.07. The third-order valence-electron chi connectivity index (χ3n) is 3.41. The van der Waals surface area contributed by atoms with Crippen molar-refractivity contribution in [1.29, 1.82) is 0 Å². The summed E-state index contributed by atoms with van der Waals surface area (Å²) >= 11 is 1.35. The van der Waals surface area contributed by atoms with Gasteiger partial charge in [-0.05, 0) is 42.8 Å². The molecule has 0 aliphatic rings. The Hall–Kier alpha value is -2.34. The summed E-state index contributed by atoms with van der Waals surface area (Å²) in [4.78, 5) is 24.5. The van der Waals surface area contributed by atoms with Crippen molar-refractivity contribution in [3.8, 4) is 0 Å². The highest BCUT2D eigenvalue weighted by Crippen LogP contribution is 2.21. The summed E-state index contributed by atoms with van der Waals surface area (Å²) in [6.07, 6.45) is 2.37. The zero-order valence-electron chi connectivity index (χ0n) is 14.0. The number of nitrogens with one attached hydrogen (secondary N) is 2. The lowest BCUT2D eigenvalue weighted by molar-refractivity contribution is -0.116. The Bertz CT molecular complexity index is 720. The fourth-order valence-corrected chi connectivity index (χ4v) is 2.79. The van der Waals surface area contributed by atoms with Gasteiger partial charge in [-0.25, -0.2) is 4.39 Å². The minimum absolute atomic E-state index is 0.00604. The van der Waals surface area contributed by atoms with Crippen LogP contribution in [0.1, 0.15) is 26.2 Å². The lowest BCUT2D eigenvalue weighted by atomic mass is 10.2. The molecule has 2 N–H and O–H groups in total. The van der Waals surface area contributed by atoms with Crippen molar-refractivity contribution in [2.75, 3.05) is 16.4 Å². The number of anilines is 2. The number of amides is 2. The molecule has 2 aromatic rings. The third kappa shape index (κ3) is 6.58. The van der Waals surface area contributed by atoms with E-state index in [1.807, 2.05) is 19.1 Å². The molecule has 132 valence electrons. The maximum Gasteiger partial charge on any atom is 0.234 e. The van der Waals surface area contributed by atoms with Crippen molar-refractivity contribution < 1.29 is 14.0 Å². The van der Waals surface area contributed by atoms with E-state index < -0.39 is 5.82 Å². The SMILES string of the molecule is CCCCC(=O)Nc1ccc(SCC(=O)Nc2ccccc2F)cc1. The number of carbonyl (C=O) groups excluding carboxylic acids is 2. The van der Waals surface area contributed by atoms with Gasteiger partial charge in [-0.2, -0.15) is 0 Å². The van der Waals surface area contributed by atoms with Crippen molar-refractivity contribution in [1.82, 2.24) is 0 Å². The van der Waals surface area contributed by atoms with Crippen molar-refractivity contribution in [3.05, 3.63) is 54.3 Å². The Morgan fingerprint density at radius 1 is 1.00 bits per heavy atom. The fourth-order valence-electron chi connectivity index (χ4n) is 2.09. The number of hydrogen-bond acceptors (Lipinski definition) is 3. The molecule has 2 amide bonds. The molecule has 0 aliphatic heterocycles. The lowest BCUT2D eigenvalue weighted by Crippen LogP contribution is -2.14. The molecule has 2 rings (SSSR count). The predicted molar refractivity (Wildman–Crippen MR) is 100 cm³/mol. The Labute approximate surface area is 151 Å². The number of para-hydroxylation sites is 1. The number of rotatable bonds is 8. The molecule has 0 heterocycles. The van der Waals surface area contributed by atoms with E-state index in [9.17, 15) is 14.0 Å². The van der Waals surface area contributed by atoms with Crippen LogP contribution in [0, 0.1) is 5.82 Å². The molecule has 0 radical (unpaired) electrons. The summed E-state index contributed by atoms with van der Waals surface area (Å²) in [5.74, 6) is -0.543. The van der Waals surface area contributed by atoms with Gasteiger partial charge in [0, 0.05) is 17.0 Å². The van der Waals surface area contributed by atoms with E-state index in [2.05, 4.69) is 10.6 Å². The molecule has 0 saturated heterocycles. The molecule has 0 spiro atoms. The average molecular weight is 360 g/mol. The maximum absolute atomic E-state index is 13.5. The molecule has 0 unspecified atom stereocenters. The number of benzene rings is 2. The van der Waals surface area contributed by atoms with Crippen LogP contribution in [0.3, 0.4) is 0 Å². The summed E-state index contributed by atoms with van der Waals surface area (Å²) < 4.78 is 13.5. The summed E-state index contributed by atoms with van der Waals surface area (Å²) in [7, 11) is 0. The van der Waals surface area contributed by atoms with Gasteiger partial charge in [-0.3, -0.25) is 9.59 Å². The maximum atomic E-state index is 13.5. The monoisotopic (exact) mass is 360 g/mol. The molecule has 0 fully saturated rings. The first-order valence-corrected chi connectivity index (χ1v) is 9.14. The summed E-state index contributed by atoms with van der Waals surface area (Å²) in [6.45, 7) is 2.04. The third-order valence-corrected chi connectivity index (χ3v) is 4.43. The van der Waals surface area contributed by atoms with Crippen LogP contribution in [0.25, 0.3) is 0 Å². The smallest absolute Gasteiger partial charge is 0.234 e. The van der Waals surface area contributed by atoms with Crippen LogP contribution in [0.4, 0.5) is 15.8 Å². The van der Waals surface area contributed by atoms with Gasteiger partial charge < -0.3 is 10.6 Å². The number of halogens is 1. The second-order valence-corrected chi connectivity index (χ2v) is 6.54. The Morgan fingerprint density at radius 3 is 2.40 bits per heavy atom. The van der Waals surface area contributed by atoms with Crippen molar-refractivity contribution in [2.24, 2.45) is 0 Å². The van der Waals surface area contributed by atoms with Crippen LogP contribution < -0.4 is 10.6 Å². The first-order chi connectivity index (χ1) is 12.1. The molecule has 0 bridgehead atoms. The van der Waals surface area contributed by atoms with Gasteiger partial charge in [0.2, 0.25) is 11.8 Å². The Kier molecular flexibility index (Phi) is 7.47. The van der Waals surface area contributed by atoms with E-state index in [0.717, 1.165) is 23.4 Å². The first kappa shape index (κ1) is 19.0. The molecular weight excluding hydrogens is 339 g/mol. The van der Waals surface area contributed by atoms with Gasteiger partial charge in [0.15, 0.2) is 0 Å². The highest BCUT2D eigenvalue weighted by Gasteiger charge is 2.07. The predicted octanol–water partition coefficient (Wildman–Crippen LogP) is 4.69. The highest BCUT2D eigenvalue weighted by atomic mass is 32.2. The summed E-state index contributed by atoms with van der Waals surface area (Å²) in [6, 6.07) is 13.4. The Morgan fingerprint density at radius 2 is 1.72 bits per heavy atom. The van der Waals surface area contributed by atoms with Crippen molar-refractivity contribution in [3.63, 3.8) is 0 Å². The normalized spacial score (nSPS) is 10.3. The first-order valence-electron chi connectivity index (χ1n) is 8.15. The fraction of sp³-hybridized carbons (Fsp3) is 0.263. The van der Waals surface area contributed by atoms with Gasteiger partial charge in [0.1, 0.15) is 5.82 Å². The Balaban J connectivity index is 1.80. The molecule has 0 saturated carbocycles. The summed E-state index contributed by atoms with van der Waals surface area (Å²) in [5.41, 5.74) is 0.916. The molecular formula is C19H21FN2O2S. The van der Waals surface area contributed by atoms with Crippen molar-refractivity contribution in [2.45, 2.75) is 31.1 Å². The molecule has 25 heavy (non-hydrogen) atoms. The standard InChI is InChI=1S/C19H21FN2O2S/c1-2-3-8-18(23)21-14-9-11-15(12-10-14)25-13-19(24)22-17-7-5-4-6-16(17)20/h4-7,9-12H,2-3,8,13H2,1H3,(H,21,23)(H,22,24). The quantitative estimate of drug-likeness (QED) is 0.672. The molecule has 2 aromatic carbocycles. The zero-order chi connectivity index (χ0) is 18.1. The van der Waals surface area contributed by atoms with E-state index in [4.69, 9.17) is 0 Å². The van der Waals surface area contributed by atoms with E-state index in [1.54, 1.807) is 24.3 Å². The van der Waals surface area contributed by atoms with Crippen LogP contribution in [0.5, 0.6) is 0 Å². The topological polar surface area (TPSA) is 58.2 Å². The number of thioether (sulfide) groups is 1. The van der Waals surface area contributed by atoms with E-state index in [1.165, 1.54) is 23.9 Å². The van der Waals surface area contributed by atoms with Gasteiger partial charge in [0.05, 0.1) is 11.4 Å². The molecule has 0 aromatic heterocycles. The van der Waals surface area contributed by atoms with E-state index in [-0.39, 0.29) is 23.3 Å². The minimum Gasteiger partial charge on any atom is -0.326 e. The largest absolute Gasteiger partial charge is 0.326 e. The zero-order valence-corrected chi connectivity index (χ0v) is 14.9. The van der Waals surface area contributed by atoms with Gasteiger partial charge >= 0.3 is 0 Å². The van der Waals surface area contributed by atoms with Crippen LogP contribution >= 0.6 is 11.8 Å². The van der Waals surface area contributed by atoms with E-state index in [0.29, 0.717) is 6.42 Å². The van der Waals surface area contributed by atoms with Crippen LogP contribution in [0.2, 0.25) is 0 Å². The number of unbranched alkanes of at least 4 members (excludes halogenated alkanes) is 1. The second-order valence-electron chi connectivity index (χ2n) is 5.49. The van der Waals surface area contributed by atoms with Crippen LogP contribution in [0.15, 0.2) is 53.4 Å². The summed E-state index contributed by atoms with van der Waals surface area (Å²) in [5, 5.41) is 5.38. The van der Waals surface area contributed by atoms with Gasteiger partial charge in [-0.15, -0.1) is 11.8 Å². The van der Waals surface area contributed by atoms with E-state index >= 15 is 0 Å². The molecule has 0 atom stereocenters. The highest BCUT2D eigenvalue weighted by molar-refractivity contribution is 8.00. The molecule has 6 heteroatoms.